The van der Waals surface area contributed by atoms with Crippen LogP contribution in [0.25, 0.3) is 33.5 Å². The van der Waals surface area contributed by atoms with E-state index in [2.05, 4.69) is 20.1 Å². The van der Waals surface area contributed by atoms with Gasteiger partial charge in [-0.3, -0.25) is 14.6 Å². The molecule has 4 rings (SSSR count). The van der Waals surface area contributed by atoms with E-state index in [0.29, 0.717) is 11.4 Å². The van der Waals surface area contributed by atoms with Gasteiger partial charge < -0.3 is 4.98 Å². The maximum Gasteiger partial charge on any atom is 0.141 e. The van der Waals surface area contributed by atoms with Crippen LogP contribution in [0.4, 0.5) is 4.39 Å². The van der Waals surface area contributed by atoms with Gasteiger partial charge in [-0.1, -0.05) is 0 Å². The largest absolute Gasteiger partial charge is 0.359 e. The summed E-state index contributed by atoms with van der Waals surface area (Å²) >= 11 is 0. The molecule has 0 bridgehead atoms. The molecule has 0 atom stereocenters. The second-order valence-corrected chi connectivity index (χ2v) is 5.02. The number of hydrogen-bond acceptors (Lipinski definition) is 3. The van der Waals surface area contributed by atoms with Gasteiger partial charge in [0.1, 0.15) is 11.5 Å². The number of hydrogen-bond donors (Lipinski definition) is 1. The predicted molar refractivity (Wildman–Crippen MR) is 81.5 cm³/mol. The van der Waals surface area contributed by atoms with E-state index in [1.54, 1.807) is 16.9 Å². The molecule has 0 spiro atoms. The quantitative estimate of drug-likeness (QED) is 0.617. The third-order valence-electron chi connectivity index (χ3n) is 3.54. The molecular weight excluding hydrogens is 281 g/mol. The number of H-pyrrole nitrogens is 1. The summed E-state index contributed by atoms with van der Waals surface area (Å²) < 4.78 is 14.8. The number of aromatic amines is 1. The summed E-state index contributed by atoms with van der Waals surface area (Å²) in [6, 6.07) is 6.87. The van der Waals surface area contributed by atoms with Crippen molar-refractivity contribution in [1.82, 2.24) is 24.7 Å². The minimum atomic E-state index is -0.364. The van der Waals surface area contributed by atoms with Crippen LogP contribution in [0.3, 0.4) is 0 Å². The molecule has 0 aliphatic rings. The van der Waals surface area contributed by atoms with E-state index in [1.165, 1.54) is 12.3 Å². The fourth-order valence-electron chi connectivity index (χ4n) is 2.58. The lowest BCUT2D eigenvalue weighted by Crippen LogP contribution is -1.90. The van der Waals surface area contributed by atoms with Crippen molar-refractivity contribution < 1.29 is 4.39 Å². The van der Waals surface area contributed by atoms with Crippen molar-refractivity contribution in [1.29, 1.82) is 0 Å². The highest BCUT2D eigenvalue weighted by Crippen LogP contribution is 2.33. The molecule has 0 aliphatic heterocycles. The molecule has 4 aromatic heterocycles. The first-order valence-corrected chi connectivity index (χ1v) is 6.80. The Labute approximate surface area is 125 Å². The van der Waals surface area contributed by atoms with Crippen molar-refractivity contribution in [3.63, 3.8) is 0 Å². The minimum absolute atomic E-state index is 0.364. The summed E-state index contributed by atoms with van der Waals surface area (Å²) in [5, 5.41) is 4.48. The first-order valence-electron chi connectivity index (χ1n) is 6.80. The molecule has 0 unspecified atom stereocenters. The van der Waals surface area contributed by atoms with Gasteiger partial charge in [-0.05, 0) is 24.3 Å². The highest BCUT2D eigenvalue weighted by atomic mass is 19.1. The van der Waals surface area contributed by atoms with Crippen molar-refractivity contribution in [3.8, 4) is 22.5 Å². The lowest BCUT2D eigenvalue weighted by molar-refractivity contribution is 0.621. The Balaban J connectivity index is 1.96. The topological polar surface area (TPSA) is 59.4 Å². The molecule has 0 radical (unpaired) electrons. The Morgan fingerprint density at radius 2 is 2.00 bits per heavy atom. The lowest BCUT2D eigenvalue weighted by Gasteiger charge is -2.03. The number of rotatable bonds is 2. The fourth-order valence-corrected chi connectivity index (χ4v) is 2.58. The summed E-state index contributed by atoms with van der Waals surface area (Å²) in [7, 11) is 1.85. The molecule has 1 N–H and O–H groups in total. The molecule has 0 amide bonds. The van der Waals surface area contributed by atoms with Crippen LogP contribution in [0.5, 0.6) is 0 Å². The van der Waals surface area contributed by atoms with Gasteiger partial charge in [0.15, 0.2) is 0 Å². The highest BCUT2D eigenvalue weighted by molar-refractivity contribution is 5.95. The van der Waals surface area contributed by atoms with Gasteiger partial charge in [0.05, 0.1) is 22.9 Å². The normalized spacial score (nSPS) is 11.2. The van der Waals surface area contributed by atoms with Crippen molar-refractivity contribution >= 4 is 11.0 Å². The van der Waals surface area contributed by atoms with Gasteiger partial charge in [-0.15, -0.1) is 0 Å². The Morgan fingerprint density at radius 1 is 1.09 bits per heavy atom. The van der Waals surface area contributed by atoms with Crippen LogP contribution in [0.1, 0.15) is 0 Å². The zero-order chi connectivity index (χ0) is 15.1. The molecule has 0 saturated heterocycles. The van der Waals surface area contributed by atoms with Crippen LogP contribution in [-0.4, -0.2) is 24.7 Å². The van der Waals surface area contributed by atoms with Crippen LogP contribution in [0.15, 0.2) is 49.1 Å². The third kappa shape index (κ3) is 1.96. The molecular formula is C16H12FN5. The maximum absolute atomic E-state index is 13.1. The van der Waals surface area contributed by atoms with Crippen molar-refractivity contribution in [2.24, 2.45) is 7.05 Å². The molecule has 4 aromatic rings. The van der Waals surface area contributed by atoms with Gasteiger partial charge in [0.25, 0.3) is 0 Å². The molecule has 22 heavy (non-hydrogen) atoms. The number of nitrogens with one attached hydrogen (secondary N) is 1. The van der Waals surface area contributed by atoms with Crippen molar-refractivity contribution in [2.45, 2.75) is 0 Å². The van der Waals surface area contributed by atoms with E-state index in [0.717, 1.165) is 22.2 Å². The molecule has 5 nitrogen and oxygen atoms in total. The van der Waals surface area contributed by atoms with Crippen molar-refractivity contribution in [2.75, 3.05) is 0 Å². The monoisotopic (exact) mass is 293 g/mol. The second-order valence-electron chi connectivity index (χ2n) is 5.02. The van der Waals surface area contributed by atoms with Gasteiger partial charge in [-0.2, -0.15) is 5.10 Å². The van der Waals surface area contributed by atoms with E-state index in [1.807, 2.05) is 31.6 Å². The van der Waals surface area contributed by atoms with Crippen LogP contribution in [0.2, 0.25) is 0 Å². The Morgan fingerprint density at radius 3 is 2.82 bits per heavy atom. The molecule has 108 valence electrons. The van der Waals surface area contributed by atoms with Crippen LogP contribution in [-0.2, 0) is 7.05 Å². The summed E-state index contributed by atoms with van der Waals surface area (Å²) in [6.45, 7) is 0. The molecule has 0 aliphatic carbocycles. The average Bonchev–Trinajstić information content (AvgIpc) is 3.14. The Bertz CT molecular complexity index is 952. The van der Waals surface area contributed by atoms with Crippen LogP contribution >= 0.6 is 0 Å². The highest BCUT2D eigenvalue weighted by Gasteiger charge is 2.16. The number of halogens is 1. The van der Waals surface area contributed by atoms with E-state index < -0.39 is 0 Å². The fraction of sp³-hybridized carbons (Fsp3) is 0.0625. The summed E-state index contributed by atoms with van der Waals surface area (Å²) in [6.07, 6.45) is 6.74. The third-order valence-corrected chi connectivity index (χ3v) is 3.54. The smallest absolute Gasteiger partial charge is 0.141 e. The number of aryl methyl sites for hydroxylation is 1. The summed E-state index contributed by atoms with van der Waals surface area (Å²) in [5.74, 6) is -0.364. The van der Waals surface area contributed by atoms with Crippen LogP contribution in [0, 0.1) is 5.82 Å². The first-order chi connectivity index (χ1) is 10.7. The molecule has 0 aromatic carbocycles. The SMILES string of the molecule is Cn1cc(-c2ccnc3cc[nH]c23)c(-c2ccc(F)cn2)n1. The maximum atomic E-state index is 13.1. The number of fused-ring (bicyclic) bond motifs is 1. The molecule has 0 fully saturated rings. The van der Waals surface area contributed by atoms with Crippen molar-refractivity contribution in [3.05, 3.63) is 54.9 Å². The molecule has 4 heterocycles. The average molecular weight is 293 g/mol. The number of aromatic nitrogens is 5. The van der Waals surface area contributed by atoms with Crippen LogP contribution < -0.4 is 0 Å². The minimum Gasteiger partial charge on any atom is -0.359 e. The predicted octanol–water partition coefficient (Wildman–Crippen LogP) is 3.16. The zero-order valence-electron chi connectivity index (χ0n) is 11.8. The van der Waals surface area contributed by atoms with Gasteiger partial charge in [0, 0.05) is 36.8 Å². The lowest BCUT2D eigenvalue weighted by atomic mass is 10.0. The Hall–Kier alpha value is -3.02. The molecule has 6 heteroatoms. The van der Waals surface area contributed by atoms with E-state index >= 15 is 0 Å². The van der Waals surface area contributed by atoms with Gasteiger partial charge >= 0.3 is 0 Å². The Kier molecular flexibility index (Phi) is 2.75. The number of nitrogens with zero attached hydrogens (tertiary/aromatic N) is 4. The zero-order valence-corrected chi connectivity index (χ0v) is 11.8. The summed E-state index contributed by atoms with van der Waals surface area (Å²) in [4.78, 5) is 11.7. The first kappa shape index (κ1) is 12.7. The van der Waals surface area contributed by atoms with E-state index in [9.17, 15) is 4.39 Å². The summed E-state index contributed by atoms with van der Waals surface area (Å²) in [5.41, 5.74) is 5.09. The standard InChI is InChI=1S/C16H12FN5/c1-22-9-12(11-4-6-18-14-5-7-19-15(11)14)16(21-22)13-3-2-10(17)8-20-13/h2-9,19H,1H3. The van der Waals surface area contributed by atoms with E-state index in [-0.39, 0.29) is 5.82 Å². The van der Waals surface area contributed by atoms with E-state index in [4.69, 9.17) is 0 Å². The molecule has 0 saturated carbocycles. The van der Waals surface area contributed by atoms with Gasteiger partial charge in [-0.25, -0.2) is 4.39 Å². The van der Waals surface area contributed by atoms with Gasteiger partial charge in [0.2, 0.25) is 0 Å². The second kappa shape index (κ2) is 4.77. The number of pyridine rings is 2.